The van der Waals surface area contributed by atoms with E-state index in [9.17, 15) is 14.7 Å². The molecule has 2 aromatic heterocycles. The Morgan fingerprint density at radius 1 is 1.22 bits per heavy atom. The molecule has 1 atom stereocenters. The first-order chi connectivity index (χ1) is 15.5. The van der Waals surface area contributed by atoms with Crippen molar-refractivity contribution < 1.29 is 23.8 Å². The van der Waals surface area contributed by atoms with Crippen LogP contribution in [0.25, 0.3) is 10.2 Å². The molecule has 0 bridgehead atoms. The summed E-state index contributed by atoms with van der Waals surface area (Å²) in [7, 11) is 1.55. The van der Waals surface area contributed by atoms with E-state index in [4.69, 9.17) is 20.8 Å². The topological polar surface area (TPSA) is 92.9 Å². The summed E-state index contributed by atoms with van der Waals surface area (Å²) in [6.45, 7) is 0. The van der Waals surface area contributed by atoms with Crippen LogP contribution in [0.5, 0.6) is 5.75 Å². The first-order valence-electron chi connectivity index (χ1n) is 9.53. The fourth-order valence-corrected chi connectivity index (χ4v) is 4.93. The number of hydrogen-bond donors (Lipinski definition) is 1. The van der Waals surface area contributed by atoms with E-state index in [2.05, 4.69) is 4.98 Å². The van der Waals surface area contributed by atoms with Crippen LogP contribution in [0.2, 0.25) is 5.02 Å². The van der Waals surface area contributed by atoms with Crippen LogP contribution in [0.3, 0.4) is 0 Å². The number of aromatic nitrogens is 1. The van der Waals surface area contributed by atoms with Gasteiger partial charge in [0.15, 0.2) is 16.7 Å². The number of anilines is 1. The van der Waals surface area contributed by atoms with Gasteiger partial charge in [-0.1, -0.05) is 35.1 Å². The normalized spacial score (nSPS) is 16.2. The lowest BCUT2D eigenvalue weighted by Crippen LogP contribution is -2.30. The van der Waals surface area contributed by atoms with Gasteiger partial charge in [-0.15, -0.1) is 0 Å². The Morgan fingerprint density at radius 3 is 2.69 bits per heavy atom. The molecule has 1 unspecified atom stereocenters. The zero-order valence-electron chi connectivity index (χ0n) is 16.6. The van der Waals surface area contributed by atoms with E-state index in [0.29, 0.717) is 27.0 Å². The van der Waals surface area contributed by atoms with E-state index in [1.54, 1.807) is 55.6 Å². The standard InChI is InChI=1S/C23H15ClN2O5S/c1-30-14-7-4-12(5-8-14)19-18(20(27)16-3-2-10-31-16)21(28)22(29)26(19)23-25-15-9-6-13(24)11-17(15)32-23/h2-11,19,28H,1H3. The number of ether oxygens (including phenoxy) is 1. The van der Waals surface area contributed by atoms with Crippen LogP contribution in [0, 0.1) is 0 Å². The van der Waals surface area contributed by atoms with E-state index in [0.717, 1.165) is 4.70 Å². The molecule has 5 rings (SSSR count). The van der Waals surface area contributed by atoms with Gasteiger partial charge in [0, 0.05) is 5.02 Å². The molecule has 7 nitrogen and oxygen atoms in total. The summed E-state index contributed by atoms with van der Waals surface area (Å²) in [6, 6.07) is 14.3. The van der Waals surface area contributed by atoms with Crippen molar-refractivity contribution in [2.75, 3.05) is 12.0 Å². The Hall–Kier alpha value is -3.62. The van der Waals surface area contributed by atoms with Crippen molar-refractivity contribution in [3.05, 3.63) is 88.5 Å². The number of aliphatic hydroxyl groups is 1. The van der Waals surface area contributed by atoms with Gasteiger partial charge >= 0.3 is 0 Å². The number of thiazole rings is 1. The fourth-order valence-electron chi connectivity index (χ4n) is 3.67. The van der Waals surface area contributed by atoms with Gasteiger partial charge in [0.05, 0.1) is 35.2 Å². The largest absolute Gasteiger partial charge is 0.503 e. The van der Waals surface area contributed by atoms with Crippen LogP contribution in [0.4, 0.5) is 5.13 Å². The van der Waals surface area contributed by atoms with Crippen LogP contribution in [-0.4, -0.2) is 28.9 Å². The number of Topliss-reactive ketones (excluding diaryl/α,β-unsaturated/α-hetero) is 1. The molecule has 4 aromatic rings. The number of rotatable bonds is 5. The maximum Gasteiger partial charge on any atom is 0.296 e. The third-order valence-electron chi connectivity index (χ3n) is 5.17. The summed E-state index contributed by atoms with van der Waals surface area (Å²) in [6.07, 6.45) is 1.36. The molecule has 160 valence electrons. The minimum absolute atomic E-state index is 0.0239. The van der Waals surface area contributed by atoms with Gasteiger partial charge in [-0.2, -0.15) is 0 Å². The van der Waals surface area contributed by atoms with Crippen LogP contribution in [0.15, 0.2) is 76.6 Å². The van der Waals surface area contributed by atoms with Crippen molar-refractivity contribution in [3.63, 3.8) is 0 Å². The number of halogens is 1. The van der Waals surface area contributed by atoms with Gasteiger partial charge in [-0.25, -0.2) is 4.98 Å². The highest BCUT2D eigenvalue weighted by molar-refractivity contribution is 7.22. The van der Waals surface area contributed by atoms with E-state index in [1.165, 1.54) is 28.6 Å². The Labute approximate surface area is 191 Å². The molecular weight excluding hydrogens is 452 g/mol. The highest BCUT2D eigenvalue weighted by Gasteiger charge is 2.46. The quantitative estimate of drug-likeness (QED) is 0.399. The number of methoxy groups -OCH3 is 1. The summed E-state index contributed by atoms with van der Waals surface area (Å²) in [5.41, 5.74) is 1.18. The van der Waals surface area contributed by atoms with Crippen LogP contribution in [0.1, 0.15) is 22.2 Å². The molecule has 2 aromatic carbocycles. The van der Waals surface area contributed by atoms with Gasteiger partial charge in [0.25, 0.3) is 5.91 Å². The number of ketones is 1. The summed E-state index contributed by atoms with van der Waals surface area (Å²) >= 11 is 7.34. The van der Waals surface area contributed by atoms with Crippen LogP contribution < -0.4 is 9.64 Å². The molecule has 1 aliphatic heterocycles. The average molecular weight is 467 g/mol. The van der Waals surface area contributed by atoms with Crippen molar-refractivity contribution >= 4 is 50.0 Å². The first kappa shape index (κ1) is 20.3. The third-order valence-corrected chi connectivity index (χ3v) is 6.43. The lowest BCUT2D eigenvalue weighted by Gasteiger charge is -2.24. The smallest absolute Gasteiger partial charge is 0.296 e. The predicted molar refractivity (Wildman–Crippen MR) is 121 cm³/mol. The van der Waals surface area contributed by atoms with Crippen LogP contribution in [-0.2, 0) is 4.79 Å². The second-order valence-corrected chi connectivity index (χ2v) is 8.47. The van der Waals surface area contributed by atoms with Gasteiger partial charge in [0.2, 0.25) is 5.78 Å². The summed E-state index contributed by atoms with van der Waals surface area (Å²) in [5, 5.41) is 11.6. The Morgan fingerprint density at radius 2 is 2.00 bits per heavy atom. The molecule has 1 N–H and O–H groups in total. The van der Waals surface area contributed by atoms with Crippen molar-refractivity contribution in [2.45, 2.75) is 6.04 Å². The number of carbonyl (C=O) groups is 2. The van der Waals surface area contributed by atoms with E-state index in [1.807, 2.05) is 0 Å². The number of aliphatic hydroxyl groups excluding tert-OH is 1. The zero-order chi connectivity index (χ0) is 22.4. The van der Waals surface area contributed by atoms with E-state index >= 15 is 0 Å². The summed E-state index contributed by atoms with van der Waals surface area (Å²) in [5.74, 6) is -1.29. The van der Waals surface area contributed by atoms with Gasteiger partial charge in [-0.3, -0.25) is 14.5 Å². The van der Waals surface area contributed by atoms with Gasteiger partial charge < -0.3 is 14.3 Å². The Kier molecular flexibility index (Phi) is 4.96. The van der Waals surface area contributed by atoms with Crippen molar-refractivity contribution in [1.82, 2.24) is 4.98 Å². The summed E-state index contributed by atoms with van der Waals surface area (Å²) < 4.78 is 11.2. The highest BCUT2D eigenvalue weighted by atomic mass is 35.5. The zero-order valence-corrected chi connectivity index (χ0v) is 18.2. The van der Waals surface area contributed by atoms with Crippen LogP contribution >= 0.6 is 22.9 Å². The predicted octanol–water partition coefficient (Wildman–Crippen LogP) is 5.33. The minimum Gasteiger partial charge on any atom is -0.503 e. The number of carbonyl (C=O) groups excluding carboxylic acids is 2. The number of furan rings is 1. The van der Waals surface area contributed by atoms with E-state index in [-0.39, 0.29) is 11.3 Å². The SMILES string of the molecule is COc1ccc(C2C(C(=O)c3ccco3)=C(O)C(=O)N2c2nc3ccc(Cl)cc3s2)cc1. The highest BCUT2D eigenvalue weighted by Crippen LogP contribution is 2.44. The molecule has 0 saturated carbocycles. The molecule has 0 fully saturated rings. The van der Waals surface area contributed by atoms with Gasteiger partial charge in [-0.05, 0) is 48.0 Å². The average Bonchev–Trinajstić information content (AvgIpc) is 3.52. The fraction of sp³-hybridized carbons (Fsp3) is 0.0870. The first-order valence-corrected chi connectivity index (χ1v) is 10.7. The molecule has 1 aliphatic rings. The van der Waals surface area contributed by atoms with E-state index < -0.39 is 23.5 Å². The number of amides is 1. The maximum absolute atomic E-state index is 13.2. The maximum atomic E-state index is 13.2. The van der Waals surface area contributed by atoms with Crippen molar-refractivity contribution in [3.8, 4) is 5.75 Å². The second-order valence-electron chi connectivity index (χ2n) is 7.03. The third kappa shape index (κ3) is 3.24. The monoisotopic (exact) mass is 466 g/mol. The molecule has 9 heteroatoms. The number of hydrogen-bond acceptors (Lipinski definition) is 7. The molecular formula is C23H15ClN2O5S. The number of benzene rings is 2. The molecule has 0 aliphatic carbocycles. The molecule has 1 amide bonds. The number of nitrogens with zero attached hydrogens (tertiary/aromatic N) is 2. The van der Waals surface area contributed by atoms with Gasteiger partial charge in [0.1, 0.15) is 5.75 Å². The molecule has 32 heavy (non-hydrogen) atoms. The summed E-state index contributed by atoms with van der Waals surface area (Å²) in [4.78, 5) is 32.3. The molecule has 0 radical (unpaired) electrons. The lowest BCUT2D eigenvalue weighted by atomic mass is 9.95. The lowest BCUT2D eigenvalue weighted by molar-refractivity contribution is -0.117. The molecule has 0 spiro atoms. The second kappa shape index (κ2) is 7.81. The molecule has 0 saturated heterocycles. The Balaban J connectivity index is 1.67. The Bertz CT molecular complexity index is 1380. The number of fused-ring (bicyclic) bond motifs is 1. The minimum atomic E-state index is -0.901. The van der Waals surface area contributed by atoms with Crippen molar-refractivity contribution in [2.24, 2.45) is 0 Å². The van der Waals surface area contributed by atoms with Crippen molar-refractivity contribution in [1.29, 1.82) is 0 Å². The molecule has 3 heterocycles.